The van der Waals surface area contributed by atoms with Gasteiger partial charge in [-0.25, -0.2) is 0 Å². The Labute approximate surface area is 125 Å². The molecule has 0 radical (unpaired) electrons. The number of amides is 1. The highest BCUT2D eigenvalue weighted by atomic mass is 32.1. The summed E-state index contributed by atoms with van der Waals surface area (Å²) >= 11 is 1.75. The van der Waals surface area contributed by atoms with Crippen molar-refractivity contribution >= 4 is 22.9 Å². The maximum Gasteiger partial charge on any atom is 0.224 e. The molecule has 0 unspecified atom stereocenters. The van der Waals surface area contributed by atoms with Gasteiger partial charge in [0, 0.05) is 17.0 Å². The predicted molar refractivity (Wildman–Crippen MR) is 88.4 cm³/mol. The molecule has 1 aromatic heterocycles. The quantitative estimate of drug-likeness (QED) is 0.820. The van der Waals surface area contributed by atoms with Crippen LogP contribution in [0.2, 0.25) is 0 Å². The lowest BCUT2D eigenvalue weighted by molar-refractivity contribution is -0.116. The van der Waals surface area contributed by atoms with Gasteiger partial charge in [-0.15, -0.1) is 11.3 Å². The zero-order valence-electron chi connectivity index (χ0n) is 12.5. The number of carbonyl (C=O) groups is 1. The standard InChI is InChI=1S/C15H17NOS.C2H6/c1-12-7-9-13(10-8-12)16-15(17)6-2-4-14-5-3-11-18-14;1-2/h3,5,7-11H,2,4,6H2,1H3,(H,16,17);1-2H3. The number of rotatable bonds is 5. The first-order chi connectivity index (χ1) is 9.74. The van der Waals surface area contributed by atoms with Gasteiger partial charge >= 0.3 is 0 Å². The molecule has 0 bridgehead atoms. The van der Waals surface area contributed by atoms with Crippen molar-refractivity contribution in [2.75, 3.05) is 5.32 Å². The normalized spacial score (nSPS) is 9.55. The molecule has 0 atom stereocenters. The first-order valence-electron chi connectivity index (χ1n) is 7.13. The number of hydrogen-bond acceptors (Lipinski definition) is 2. The van der Waals surface area contributed by atoms with Gasteiger partial charge in [0.05, 0.1) is 0 Å². The van der Waals surface area contributed by atoms with E-state index in [1.165, 1.54) is 10.4 Å². The highest BCUT2D eigenvalue weighted by molar-refractivity contribution is 7.09. The predicted octanol–water partition coefficient (Wildman–Crippen LogP) is 5.04. The van der Waals surface area contributed by atoms with E-state index in [1.807, 2.05) is 51.1 Å². The van der Waals surface area contributed by atoms with Crippen molar-refractivity contribution < 1.29 is 4.79 Å². The molecule has 0 saturated carbocycles. The molecule has 0 saturated heterocycles. The fraction of sp³-hybridized carbons (Fsp3) is 0.353. The van der Waals surface area contributed by atoms with E-state index < -0.39 is 0 Å². The Kier molecular flexibility index (Phi) is 7.66. The molecule has 0 aliphatic rings. The number of nitrogens with one attached hydrogen (secondary N) is 1. The van der Waals surface area contributed by atoms with Crippen LogP contribution in [0.5, 0.6) is 0 Å². The zero-order valence-corrected chi connectivity index (χ0v) is 13.3. The van der Waals surface area contributed by atoms with Crippen LogP contribution in [0.3, 0.4) is 0 Å². The van der Waals surface area contributed by atoms with Crippen molar-refractivity contribution in [3.05, 3.63) is 52.2 Å². The highest BCUT2D eigenvalue weighted by Gasteiger charge is 2.02. The smallest absolute Gasteiger partial charge is 0.224 e. The van der Waals surface area contributed by atoms with Crippen molar-refractivity contribution in [3.8, 4) is 0 Å². The molecular weight excluding hydrogens is 266 g/mol. The topological polar surface area (TPSA) is 29.1 Å². The summed E-state index contributed by atoms with van der Waals surface area (Å²) in [5, 5.41) is 4.98. The molecule has 108 valence electrons. The van der Waals surface area contributed by atoms with Crippen molar-refractivity contribution in [2.24, 2.45) is 0 Å². The summed E-state index contributed by atoms with van der Waals surface area (Å²) in [5.41, 5.74) is 2.08. The minimum absolute atomic E-state index is 0.0930. The molecule has 0 spiro atoms. The fourth-order valence-electron chi connectivity index (χ4n) is 1.74. The second-order valence-corrected chi connectivity index (χ2v) is 5.38. The Bertz CT molecular complexity index is 488. The molecule has 1 heterocycles. The van der Waals surface area contributed by atoms with Crippen molar-refractivity contribution in [1.29, 1.82) is 0 Å². The van der Waals surface area contributed by atoms with Gasteiger partial charge in [-0.2, -0.15) is 0 Å². The van der Waals surface area contributed by atoms with Crippen LogP contribution in [0.25, 0.3) is 0 Å². The molecule has 1 aromatic carbocycles. The Hall–Kier alpha value is -1.61. The largest absolute Gasteiger partial charge is 0.326 e. The fourth-order valence-corrected chi connectivity index (χ4v) is 2.49. The van der Waals surface area contributed by atoms with E-state index in [0.29, 0.717) is 6.42 Å². The molecule has 2 aromatic rings. The van der Waals surface area contributed by atoms with Crippen molar-refractivity contribution in [1.82, 2.24) is 0 Å². The van der Waals surface area contributed by atoms with Crippen LogP contribution in [-0.4, -0.2) is 5.91 Å². The van der Waals surface area contributed by atoms with E-state index in [9.17, 15) is 4.79 Å². The van der Waals surface area contributed by atoms with Crippen LogP contribution in [0.4, 0.5) is 5.69 Å². The number of hydrogen-bond donors (Lipinski definition) is 1. The van der Waals surface area contributed by atoms with Crippen LogP contribution in [-0.2, 0) is 11.2 Å². The van der Waals surface area contributed by atoms with Gasteiger partial charge in [-0.05, 0) is 43.3 Å². The van der Waals surface area contributed by atoms with Crippen LogP contribution in [0.1, 0.15) is 37.1 Å². The molecule has 0 aliphatic carbocycles. The zero-order chi connectivity index (χ0) is 14.8. The summed E-state index contributed by atoms with van der Waals surface area (Å²) in [7, 11) is 0. The van der Waals surface area contributed by atoms with Gasteiger partial charge < -0.3 is 5.32 Å². The first-order valence-corrected chi connectivity index (χ1v) is 8.01. The van der Waals surface area contributed by atoms with E-state index in [-0.39, 0.29) is 5.91 Å². The highest BCUT2D eigenvalue weighted by Crippen LogP contribution is 2.13. The third-order valence-corrected chi connectivity index (χ3v) is 3.68. The molecule has 2 nitrogen and oxygen atoms in total. The summed E-state index contributed by atoms with van der Waals surface area (Å²) in [6.45, 7) is 6.03. The van der Waals surface area contributed by atoms with Crippen LogP contribution < -0.4 is 5.32 Å². The number of carbonyl (C=O) groups excluding carboxylic acids is 1. The van der Waals surface area contributed by atoms with Gasteiger partial charge in [0.2, 0.25) is 5.91 Å². The number of aryl methyl sites for hydroxylation is 2. The lowest BCUT2D eigenvalue weighted by Gasteiger charge is -2.05. The SMILES string of the molecule is CC.Cc1ccc(NC(=O)CCCc2cccs2)cc1. The monoisotopic (exact) mass is 289 g/mol. The molecule has 1 N–H and O–H groups in total. The summed E-state index contributed by atoms with van der Waals surface area (Å²) in [4.78, 5) is 13.1. The Morgan fingerprint density at radius 1 is 1.15 bits per heavy atom. The molecule has 3 heteroatoms. The molecule has 0 fully saturated rings. The summed E-state index contributed by atoms with van der Waals surface area (Å²) in [6, 6.07) is 12.0. The van der Waals surface area contributed by atoms with Crippen molar-refractivity contribution in [3.63, 3.8) is 0 Å². The lowest BCUT2D eigenvalue weighted by atomic mass is 10.2. The third kappa shape index (κ3) is 6.02. The van der Waals surface area contributed by atoms with E-state index in [2.05, 4.69) is 16.8 Å². The molecular formula is C17H23NOS. The van der Waals surface area contributed by atoms with Gasteiger partial charge in [0.1, 0.15) is 0 Å². The summed E-state index contributed by atoms with van der Waals surface area (Å²) < 4.78 is 0. The van der Waals surface area contributed by atoms with Gasteiger partial charge in [-0.1, -0.05) is 37.6 Å². The lowest BCUT2D eigenvalue weighted by Crippen LogP contribution is -2.11. The molecule has 0 aliphatic heterocycles. The second-order valence-electron chi connectivity index (χ2n) is 4.35. The van der Waals surface area contributed by atoms with Gasteiger partial charge in [0.15, 0.2) is 0 Å². The average Bonchev–Trinajstić information content (AvgIpc) is 2.97. The van der Waals surface area contributed by atoms with E-state index in [1.54, 1.807) is 11.3 Å². The maximum absolute atomic E-state index is 11.7. The number of anilines is 1. The third-order valence-electron chi connectivity index (χ3n) is 2.74. The molecule has 1 amide bonds. The van der Waals surface area contributed by atoms with Crippen LogP contribution in [0, 0.1) is 6.92 Å². The first kappa shape index (κ1) is 16.4. The van der Waals surface area contributed by atoms with Crippen LogP contribution in [0.15, 0.2) is 41.8 Å². The molecule has 2 rings (SSSR count). The van der Waals surface area contributed by atoms with E-state index in [4.69, 9.17) is 0 Å². The molecule has 20 heavy (non-hydrogen) atoms. The minimum atomic E-state index is 0.0930. The Balaban J connectivity index is 0.000000956. The van der Waals surface area contributed by atoms with Crippen molar-refractivity contribution in [2.45, 2.75) is 40.0 Å². The van der Waals surface area contributed by atoms with Gasteiger partial charge in [-0.3, -0.25) is 4.79 Å². The van der Waals surface area contributed by atoms with Crippen LogP contribution >= 0.6 is 11.3 Å². The van der Waals surface area contributed by atoms with E-state index in [0.717, 1.165) is 18.5 Å². The minimum Gasteiger partial charge on any atom is -0.326 e. The summed E-state index contributed by atoms with van der Waals surface area (Å²) in [5.74, 6) is 0.0930. The maximum atomic E-state index is 11.7. The second kappa shape index (κ2) is 9.32. The average molecular weight is 289 g/mol. The van der Waals surface area contributed by atoms with Gasteiger partial charge in [0.25, 0.3) is 0 Å². The Morgan fingerprint density at radius 3 is 2.45 bits per heavy atom. The number of benzene rings is 1. The summed E-state index contributed by atoms with van der Waals surface area (Å²) in [6.07, 6.45) is 2.46. The number of thiophene rings is 1. The Morgan fingerprint density at radius 2 is 1.85 bits per heavy atom. The van der Waals surface area contributed by atoms with E-state index >= 15 is 0 Å².